The number of carbonyl (C=O) groups is 1. The SMILES string of the molecule is CN1Cc2c(C(OC(C)(C)C)C(=O)O)c(-c3ccc4c5c(ccnc35)CCO4)c3ccccc3c2C1. The highest BCUT2D eigenvalue weighted by Gasteiger charge is 2.36. The van der Waals surface area contributed by atoms with Crippen molar-refractivity contribution in [2.24, 2.45) is 0 Å². The molecule has 0 radical (unpaired) electrons. The second kappa shape index (κ2) is 8.29. The van der Waals surface area contributed by atoms with Crippen molar-refractivity contribution in [3.63, 3.8) is 0 Å². The Morgan fingerprint density at radius 1 is 1.08 bits per heavy atom. The van der Waals surface area contributed by atoms with Crippen LogP contribution in [0.2, 0.25) is 0 Å². The van der Waals surface area contributed by atoms with E-state index in [2.05, 4.69) is 36.2 Å². The maximum atomic E-state index is 12.8. The minimum Gasteiger partial charge on any atom is -0.493 e. The Morgan fingerprint density at radius 2 is 1.83 bits per heavy atom. The third-order valence-electron chi connectivity index (χ3n) is 7.13. The molecule has 0 saturated carbocycles. The van der Waals surface area contributed by atoms with Gasteiger partial charge in [0.25, 0.3) is 0 Å². The molecule has 36 heavy (non-hydrogen) atoms. The number of ether oxygens (including phenoxy) is 2. The Morgan fingerprint density at radius 3 is 2.58 bits per heavy atom. The van der Waals surface area contributed by atoms with Crippen molar-refractivity contribution in [3.8, 4) is 16.9 Å². The fourth-order valence-corrected chi connectivity index (χ4v) is 5.81. The van der Waals surface area contributed by atoms with E-state index in [1.807, 2.05) is 45.2 Å². The van der Waals surface area contributed by atoms with Crippen molar-refractivity contribution in [3.05, 3.63) is 70.9 Å². The summed E-state index contributed by atoms with van der Waals surface area (Å²) in [6.07, 6.45) is 1.55. The van der Waals surface area contributed by atoms with Crippen LogP contribution in [0.4, 0.5) is 0 Å². The van der Waals surface area contributed by atoms with Crippen molar-refractivity contribution in [2.75, 3.05) is 13.7 Å². The smallest absolute Gasteiger partial charge is 0.337 e. The number of carboxylic acids is 1. The predicted molar refractivity (Wildman–Crippen MR) is 140 cm³/mol. The second-order valence-corrected chi connectivity index (χ2v) is 10.8. The average Bonchev–Trinajstić information content (AvgIpc) is 3.23. The van der Waals surface area contributed by atoms with Gasteiger partial charge in [0.2, 0.25) is 0 Å². The van der Waals surface area contributed by atoms with Crippen LogP contribution in [0, 0.1) is 0 Å². The number of fused-ring (bicyclic) bond motifs is 3. The molecule has 0 aliphatic carbocycles. The summed E-state index contributed by atoms with van der Waals surface area (Å²) in [4.78, 5) is 19.9. The van der Waals surface area contributed by atoms with Gasteiger partial charge < -0.3 is 14.6 Å². The van der Waals surface area contributed by atoms with Crippen LogP contribution in [-0.2, 0) is 29.0 Å². The summed E-state index contributed by atoms with van der Waals surface area (Å²) in [6, 6.07) is 14.4. The molecule has 0 saturated heterocycles. The highest BCUT2D eigenvalue weighted by molar-refractivity contribution is 6.10. The van der Waals surface area contributed by atoms with E-state index in [1.54, 1.807) is 0 Å². The minimum atomic E-state index is -1.12. The van der Waals surface area contributed by atoms with Crippen LogP contribution in [0.15, 0.2) is 48.7 Å². The van der Waals surface area contributed by atoms with E-state index in [1.165, 1.54) is 11.1 Å². The summed E-state index contributed by atoms with van der Waals surface area (Å²) in [6.45, 7) is 7.77. The highest BCUT2D eigenvalue weighted by Crippen LogP contribution is 2.48. The molecule has 0 fully saturated rings. The first-order chi connectivity index (χ1) is 17.2. The van der Waals surface area contributed by atoms with Crippen LogP contribution >= 0.6 is 0 Å². The van der Waals surface area contributed by atoms with Gasteiger partial charge in [0, 0.05) is 42.2 Å². The van der Waals surface area contributed by atoms with Crippen LogP contribution in [0.1, 0.15) is 49.1 Å². The molecule has 1 atom stereocenters. The lowest BCUT2D eigenvalue weighted by Gasteiger charge is -2.29. The van der Waals surface area contributed by atoms with E-state index in [9.17, 15) is 9.90 Å². The molecule has 3 heterocycles. The fourth-order valence-electron chi connectivity index (χ4n) is 5.81. The first-order valence-corrected chi connectivity index (χ1v) is 12.4. The molecule has 6 rings (SSSR count). The van der Waals surface area contributed by atoms with Crippen LogP contribution in [0.5, 0.6) is 5.75 Å². The zero-order valence-corrected chi connectivity index (χ0v) is 21.1. The van der Waals surface area contributed by atoms with E-state index in [0.717, 1.165) is 62.6 Å². The molecule has 3 aromatic carbocycles. The molecule has 0 bridgehead atoms. The number of aliphatic carboxylic acids is 1. The molecule has 2 aliphatic heterocycles. The minimum absolute atomic E-state index is 0.643. The Labute approximate surface area is 210 Å². The molecule has 0 amide bonds. The van der Waals surface area contributed by atoms with Gasteiger partial charge in [0.1, 0.15) is 5.75 Å². The fraction of sp³-hybridized carbons (Fsp3) is 0.333. The number of nitrogens with zero attached hydrogens (tertiary/aromatic N) is 2. The zero-order valence-electron chi connectivity index (χ0n) is 21.1. The zero-order chi connectivity index (χ0) is 25.2. The van der Waals surface area contributed by atoms with Crippen LogP contribution in [0.3, 0.4) is 0 Å². The van der Waals surface area contributed by atoms with Crippen LogP contribution in [-0.4, -0.2) is 40.2 Å². The number of benzene rings is 3. The van der Waals surface area contributed by atoms with Crippen molar-refractivity contribution in [1.29, 1.82) is 0 Å². The topological polar surface area (TPSA) is 71.9 Å². The number of carboxylic acid groups (broad SMARTS) is 1. The third-order valence-corrected chi connectivity index (χ3v) is 7.13. The maximum absolute atomic E-state index is 12.8. The lowest BCUT2D eigenvalue weighted by molar-refractivity contribution is -0.160. The molecule has 184 valence electrons. The van der Waals surface area contributed by atoms with Gasteiger partial charge in [-0.25, -0.2) is 4.79 Å². The average molecular weight is 483 g/mol. The Balaban J connectivity index is 1.77. The predicted octanol–water partition coefficient (Wildman–Crippen LogP) is 5.88. The molecule has 1 aromatic heterocycles. The Bertz CT molecular complexity index is 1530. The van der Waals surface area contributed by atoms with Gasteiger partial charge >= 0.3 is 5.97 Å². The summed E-state index contributed by atoms with van der Waals surface area (Å²) in [5.74, 6) is -0.159. The Kier molecular flexibility index (Phi) is 5.28. The van der Waals surface area contributed by atoms with Crippen LogP contribution < -0.4 is 4.74 Å². The van der Waals surface area contributed by atoms with Crippen molar-refractivity contribution in [1.82, 2.24) is 9.88 Å². The molecule has 1 N–H and O–H groups in total. The maximum Gasteiger partial charge on any atom is 0.337 e. The molecular weight excluding hydrogens is 452 g/mol. The molecule has 0 spiro atoms. The number of pyridine rings is 1. The molecule has 1 unspecified atom stereocenters. The number of aromatic nitrogens is 1. The Hall–Kier alpha value is -3.48. The summed E-state index contributed by atoms with van der Waals surface area (Å²) >= 11 is 0. The quantitative estimate of drug-likeness (QED) is 0.392. The van der Waals surface area contributed by atoms with E-state index in [0.29, 0.717) is 13.2 Å². The molecule has 2 aliphatic rings. The van der Waals surface area contributed by atoms with E-state index < -0.39 is 17.7 Å². The normalized spacial score (nSPS) is 16.2. The lowest BCUT2D eigenvalue weighted by atomic mass is 9.83. The summed E-state index contributed by atoms with van der Waals surface area (Å²) in [5, 5.41) is 13.7. The van der Waals surface area contributed by atoms with Gasteiger partial charge in [-0.2, -0.15) is 0 Å². The second-order valence-electron chi connectivity index (χ2n) is 10.8. The summed E-state index contributed by atoms with van der Waals surface area (Å²) in [7, 11) is 2.07. The van der Waals surface area contributed by atoms with E-state index >= 15 is 0 Å². The van der Waals surface area contributed by atoms with Crippen molar-refractivity contribution >= 4 is 27.6 Å². The number of rotatable bonds is 4. The van der Waals surface area contributed by atoms with Gasteiger partial charge in [-0.05, 0) is 79.0 Å². The first-order valence-electron chi connectivity index (χ1n) is 12.4. The van der Waals surface area contributed by atoms with Gasteiger partial charge in [-0.15, -0.1) is 0 Å². The monoisotopic (exact) mass is 482 g/mol. The molecule has 6 nitrogen and oxygen atoms in total. The van der Waals surface area contributed by atoms with Crippen LogP contribution in [0.25, 0.3) is 32.8 Å². The summed E-state index contributed by atoms with van der Waals surface area (Å²) < 4.78 is 12.3. The number of hydrogen-bond donors (Lipinski definition) is 1. The molecular formula is C30H30N2O4. The van der Waals surface area contributed by atoms with Crippen molar-refractivity contribution in [2.45, 2.75) is 52.0 Å². The van der Waals surface area contributed by atoms with Gasteiger partial charge in [0.15, 0.2) is 6.10 Å². The van der Waals surface area contributed by atoms with Gasteiger partial charge in [-0.3, -0.25) is 9.88 Å². The van der Waals surface area contributed by atoms with E-state index in [-0.39, 0.29) is 0 Å². The lowest BCUT2D eigenvalue weighted by Crippen LogP contribution is -2.28. The first kappa shape index (κ1) is 23.0. The molecule has 4 aromatic rings. The van der Waals surface area contributed by atoms with Crippen molar-refractivity contribution < 1.29 is 19.4 Å². The van der Waals surface area contributed by atoms with Gasteiger partial charge in [-0.1, -0.05) is 24.3 Å². The largest absolute Gasteiger partial charge is 0.493 e. The summed E-state index contributed by atoms with van der Waals surface area (Å²) in [5.41, 5.74) is 6.14. The molecule has 6 heteroatoms. The van der Waals surface area contributed by atoms with E-state index in [4.69, 9.17) is 14.5 Å². The third kappa shape index (κ3) is 3.64. The van der Waals surface area contributed by atoms with Gasteiger partial charge in [0.05, 0.1) is 17.7 Å². The standard InChI is InChI=1S/C30H30N2O4/c1-30(2,3)36-28(29(33)34)26-22-16-32(4)15-21(22)18-7-5-6-8-19(18)25(26)20-9-10-23-24-17(12-14-35-23)11-13-31-27(20)24/h5-11,13,28H,12,14-16H2,1-4H3,(H,33,34). The number of hydrogen-bond acceptors (Lipinski definition) is 5. The highest BCUT2D eigenvalue weighted by atomic mass is 16.5.